The van der Waals surface area contributed by atoms with Gasteiger partial charge in [-0.2, -0.15) is 0 Å². The molecule has 4 atom stereocenters. The van der Waals surface area contributed by atoms with Gasteiger partial charge in [-0.3, -0.25) is 0 Å². The summed E-state index contributed by atoms with van der Waals surface area (Å²) >= 11 is 0. The van der Waals surface area contributed by atoms with Gasteiger partial charge in [0, 0.05) is 48.1 Å². The van der Waals surface area contributed by atoms with Gasteiger partial charge in [-0.15, -0.1) is 0 Å². The van der Waals surface area contributed by atoms with Crippen molar-refractivity contribution in [3.63, 3.8) is 0 Å². The van der Waals surface area contributed by atoms with Crippen LogP contribution >= 0.6 is 0 Å². The molecule has 41 heavy (non-hydrogen) atoms. The number of aliphatic carboxylic acids is 2. The average Bonchev–Trinajstić information content (AvgIpc) is 2.87. The van der Waals surface area contributed by atoms with Gasteiger partial charge in [0.1, 0.15) is 0 Å². The van der Waals surface area contributed by atoms with Crippen LogP contribution in [-0.2, 0) is 47.7 Å². The van der Waals surface area contributed by atoms with Crippen molar-refractivity contribution in [3.8, 4) is 0 Å². The average molecular weight is 591 g/mol. The van der Waals surface area contributed by atoms with Crippen LogP contribution in [0.2, 0.25) is 0 Å². The predicted octanol–water partition coefficient (Wildman–Crippen LogP) is 0.355. The van der Waals surface area contributed by atoms with E-state index in [0.29, 0.717) is 0 Å². The van der Waals surface area contributed by atoms with Crippen LogP contribution in [0, 0.1) is 11.8 Å². The fourth-order valence-corrected chi connectivity index (χ4v) is 3.36. The van der Waals surface area contributed by atoms with Gasteiger partial charge in [-0.1, -0.05) is 26.3 Å². The molecule has 0 aliphatic heterocycles. The molecule has 12 nitrogen and oxygen atoms in total. The predicted molar refractivity (Wildman–Crippen MR) is 144 cm³/mol. The number of esters is 4. The first-order chi connectivity index (χ1) is 18.6. The molecule has 0 rings (SSSR count). The molecular weight excluding hydrogens is 553 g/mol. The Morgan fingerprint density at radius 3 is 0.805 bits per heavy atom. The topological polar surface area (TPSA) is 185 Å². The number of carbonyl (C=O) groups is 6. The van der Waals surface area contributed by atoms with Gasteiger partial charge in [-0.05, 0) is 53.4 Å². The third kappa shape index (κ3) is 22.0. The normalized spacial score (nSPS) is 14.1. The molecule has 0 amide bonds. The van der Waals surface area contributed by atoms with Crippen LogP contribution in [0.15, 0.2) is 50.6 Å². The summed E-state index contributed by atoms with van der Waals surface area (Å²) < 4.78 is 19.6. The number of carboxylic acids is 2. The van der Waals surface area contributed by atoms with Crippen molar-refractivity contribution in [2.45, 2.75) is 77.8 Å². The van der Waals surface area contributed by atoms with E-state index in [0.717, 1.165) is 24.3 Å². The minimum absolute atomic E-state index is 0. The van der Waals surface area contributed by atoms with Crippen LogP contribution in [0.5, 0.6) is 0 Å². The molecule has 0 N–H and O–H groups in total. The number of hydrogen-bond donors (Lipinski definition) is 0. The molecule has 0 fully saturated rings. The maximum Gasteiger partial charge on any atom is 2.00 e. The van der Waals surface area contributed by atoms with Crippen molar-refractivity contribution in [2.75, 3.05) is 0 Å². The van der Waals surface area contributed by atoms with E-state index in [2.05, 4.69) is 26.3 Å². The standard InChI is InChI=1S/2C14H20O6.Mg/c2*1-5-12(15)19-9(3)7-11(14(17)18)8-10(4)20-13(16)6-2;/h2*5-6,9-11H,1-2,7-8H2,3-4H3,(H,17,18);/q;;+2/p-2. The smallest absolute Gasteiger partial charge is 0.550 e. The van der Waals surface area contributed by atoms with Crippen molar-refractivity contribution in [1.29, 1.82) is 0 Å². The Hall–Kier alpha value is -3.45. The zero-order valence-corrected chi connectivity index (χ0v) is 25.5. The Kier molecular flexibility index (Phi) is 23.8. The molecule has 0 heterocycles. The molecule has 0 aromatic heterocycles. The van der Waals surface area contributed by atoms with E-state index in [9.17, 15) is 39.0 Å². The van der Waals surface area contributed by atoms with Gasteiger partial charge in [0.2, 0.25) is 0 Å². The number of carbonyl (C=O) groups excluding carboxylic acids is 6. The van der Waals surface area contributed by atoms with Crippen LogP contribution < -0.4 is 10.2 Å². The van der Waals surface area contributed by atoms with Crippen molar-refractivity contribution >= 4 is 58.9 Å². The second-order valence-corrected chi connectivity index (χ2v) is 8.78. The van der Waals surface area contributed by atoms with Gasteiger partial charge in [0.15, 0.2) is 0 Å². The van der Waals surface area contributed by atoms with Crippen LogP contribution in [0.1, 0.15) is 53.4 Å². The van der Waals surface area contributed by atoms with Crippen LogP contribution in [0.3, 0.4) is 0 Å². The molecule has 0 aliphatic rings. The van der Waals surface area contributed by atoms with E-state index < -0.39 is 72.1 Å². The summed E-state index contributed by atoms with van der Waals surface area (Å²) in [6, 6.07) is 0. The SMILES string of the molecule is C=CC(=O)OC(C)CC(CC(C)OC(=O)C=C)C(=O)[O-].C=CC(=O)OC(C)CC(CC(C)OC(=O)C=C)C(=O)[O-].[Mg+2]. The third-order valence-corrected chi connectivity index (χ3v) is 5.07. The molecule has 0 bridgehead atoms. The van der Waals surface area contributed by atoms with Crippen molar-refractivity contribution in [2.24, 2.45) is 11.8 Å². The summed E-state index contributed by atoms with van der Waals surface area (Å²) in [5.41, 5.74) is 0. The monoisotopic (exact) mass is 590 g/mol. The van der Waals surface area contributed by atoms with Gasteiger partial charge >= 0.3 is 46.9 Å². The van der Waals surface area contributed by atoms with Crippen LogP contribution in [0.25, 0.3) is 0 Å². The van der Waals surface area contributed by atoms with Gasteiger partial charge in [0.05, 0.1) is 24.4 Å². The molecule has 0 aliphatic carbocycles. The quantitative estimate of drug-likeness (QED) is 0.0924. The Bertz CT molecular complexity index is 795. The molecule has 0 saturated carbocycles. The Morgan fingerprint density at radius 2 is 0.683 bits per heavy atom. The molecule has 0 spiro atoms. The first-order valence-electron chi connectivity index (χ1n) is 12.3. The van der Waals surface area contributed by atoms with Crippen LogP contribution in [-0.4, -0.2) is 83.3 Å². The summed E-state index contributed by atoms with van der Waals surface area (Å²) in [6.07, 6.45) is 1.84. The molecule has 0 saturated heterocycles. The van der Waals surface area contributed by atoms with Crippen molar-refractivity contribution < 1.29 is 57.9 Å². The molecule has 0 radical (unpaired) electrons. The molecular formula is C28H38MgO12. The Morgan fingerprint density at radius 1 is 0.512 bits per heavy atom. The van der Waals surface area contributed by atoms with Gasteiger partial charge < -0.3 is 38.7 Å². The van der Waals surface area contributed by atoms with E-state index in [1.54, 1.807) is 27.7 Å². The maximum atomic E-state index is 11.0. The van der Waals surface area contributed by atoms with Crippen molar-refractivity contribution in [3.05, 3.63) is 50.6 Å². The maximum absolute atomic E-state index is 11.0. The second kappa shape index (κ2) is 23.3. The van der Waals surface area contributed by atoms with E-state index in [4.69, 9.17) is 18.9 Å². The second-order valence-electron chi connectivity index (χ2n) is 8.78. The minimum Gasteiger partial charge on any atom is -0.550 e. The summed E-state index contributed by atoms with van der Waals surface area (Å²) in [7, 11) is 0. The zero-order valence-electron chi connectivity index (χ0n) is 24.0. The fraction of sp³-hybridized carbons (Fsp3) is 0.500. The van der Waals surface area contributed by atoms with E-state index in [1.165, 1.54) is 0 Å². The van der Waals surface area contributed by atoms with E-state index in [1.807, 2.05) is 0 Å². The molecule has 13 heteroatoms. The summed E-state index contributed by atoms with van der Waals surface area (Å²) in [5.74, 6) is -6.85. The fourth-order valence-electron chi connectivity index (χ4n) is 3.36. The number of carboxylic acid groups (broad SMARTS) is 2. The number of ether oxygens (including phenoxy) is 4. The van der Waals surface area contributed by atoms with Gasteiger partial charge in [0.25, 0.3) is 0 Å². The Labute approximate surface area is 256 Å². The summed E-state index contributed by atoms with van der Waals surface area (Å²) in [5, 5.41) is 22.1. The van der Waals surface area contributed by atoms with Crippen molar-refractivity contribution in [1.82, 2.24) is 0 Å². The first-order valence-corrected chi connectivity index (χ1v) is 12.3. The molecule has 224 valence electrons. The molecule has 0 aromatic rings. The van der Waals surface area contributed by atoms with E-state index >= 15 is 0 Å². The summed E-state index contributed by atoms with van der Waals surface area (Å²) in [6.45, 7) is 19.3. The number of rotatable bonds is 18. The molecule has 4 unspecified atom stereocenters. The largest absolute Gasteiger partial charge is 2.00 e. The number of hydrogen-bond acceptors (Lipinski definition) is 12. The minimum atomic E-state index is -1.28. The zero-order chi connectivity index (χ0) is 31.4. The summed E-state index contributed by atoms with van der Waals surface area (Å²) in [4.78, 5) is 66.1. The first kappa shape index (κ1) is 42.0. The third-order valence-electron chi connectivity index (χ3n) is 5.07. The van der Waals surface area contributed by atoms with Gasteiger partial charge in [-0.25, -0.2) is 19.2 Å². The Balaban J connectivity index is -0.000000688. The molecule has 0 aromatic carbocycles. The van der Waals surface area contributed by atoms with Crippen LogP contribution in [0.4, 0.5) is 0 Å². The van der Waals surface area contributed by atoms with E-state index in [-0.39, 0.29) is 48.7 Å².